The van der Waals surface area contributed by atoms with Crippen LogP contribution in [0.15, 0.2) is 0 Å². The van der Waals surface area contributed by atoms with E-state index in [1.807, 2.05) is 0 Å². The van der Waals surface area contributed by atoms with E-state index in [0.717, 1.165) is 0 Å². The Labute approximate surface area is 108 Å². The zero-order valence-corrected chi connectivity index (χ0v) is 11.4. The van der Waals surface area contributed by atoms with Crippen molar-refractivity contribution in [1.82, 2.24) is 0 Å². The van der Waals surface area contributed by atoms with E-state index in [1.165, 1.54) is 6.92 Å². The first-order valence-electron chi connectivity index (χ1n) is 6.35. The van der Waals surface area contributed by atoms with Gasteiger partial charge in [-0.25, -0.2) is 0 Å². The second kappa shape index (κ2) is 9.62. The van der Waals surface area contributed by atoms with Crippen molar-refractivity contribution in [3.8, 4) is 0 Å². The molecule has 0 aromatic rings. The van der Waals surface area contributed by atoms with E-state index in [2.05, 4.69) is 0 Å². The fourth-order valence-corrected chi connectivity index (χ4v) is 1.58. The van der Waals surface area contributed by atoms with Gasteiger partial charge in [0.2, 0.25) is 0 Å². The highest BCUT2D eigenvalue weighted by molar-refractivity contribution is 5.97. The topological polar surface area (TPSA) is 69.7 Å². The minimum Gasteiger partial charge on any atom is -0.466 e. The first-order chi connectivity index (χ1) is 8.52. The molecule has 0 saturated heterocycles. The van der Waals surface area contributed by atoms with Gasteiger partial charge in [0.05, 0.1) is 13.2 Å². The van der Waals surface area contributed by atoms with E-state index in [1.54, 1.807) is 13.8 Å². The molecule has 1 atom stereocenters. The molecular formula is C13H22O5. The van der Waals surface area contributed by atoms with E-state index in [9.17, 15) is 14.4 Å². The van der Waals surface area contributed by atoms with Crippen LogP contribution in [0.1, 0.15) is 46.5 Å². The predicted octanol–water partition coefficient (Wildman–Crippen LogP) is 1.88. The Morgan fingerprint density at radius 3 is 2.11 bits per heavy atom. The van der Waals surface area contributed by atoms with E-state index >= 15 is 0 Å². The lowest BCUT2D eigenvalue weighted by Gasteiger charge is -2.12. The molecule has 0 aliphatic rings. The van der Waals surface area contributed by atoms with Crippen LogP contribution in [-0.2, 0) is 23.9 Å². The molecule has 0 radical (unpaired) electrons. The summed E-state index contributed by atoms with van der Waals surface area (Å²) in [6.07, 6.45) is 1.98. The Kier molecular flexibility index (Phi) is 8.88. The molecule has 0 spiro atoms. The van der Waals surface area contributed by atoms with Gasteiger partial charge in [0, 0.05) is 6.42 Å². The van der Waals surface area contributed by atoms with Crippen LogP contribution in [0.2, 0.25) is 0 Å². The number of rotatable bonds is 9. The maximum atomic E-state index is 11.5. The van der Waals surface area contributed by atoms with Gasteiger partial charge in [0.25, 0.3) is 0 Å². The zero-order valence-electron chi connectivity index (χ0n) is 11.4. The molecule has 0 aromatic heterocycles. The van der Waals surface area contributed by atoms with E-state index in [4.69, 9.17) is 9.47 Å². The quantitative estimate of drug-likeness (QED) is 0.359. The Balaban J connectivity index is 3.95. The number of carbonyl (C=O) groups excluding carboxylic acids is 3. The standard InChI is InChI=1S/C13H22O5/c1-4-17-12(15)9-7-6-8-11(10(3)14)13(16)18-5-2/h11H,4-9H2,1-3H3/t11-/m0/s1. The average Bonchev–Trinajstić information content (AvgIpc) is 2.28. The molecule has 0 aliphatic heterocycles. The lowest BCUT2D eigenvalue weighted by molar-refractivity contribution is -0.151. The van der Waals surface area contributed by atoms with Gasteiger partial charge in [-0.1, -0.05) is 6.42 Å². The first-order valence-corrected chi connectivity index (χ1v) is 6.35. The Bertz CT molecular complexity index is 285. The van der Waals surface area contributed by atoms with Crippen molar-refractivity contribution < 1.29 is 23.9 Å². The fraction of sp³-hybridized carbons (Fsp3) is 0.769. The van der Waals surface area contributed by atoms with Crippen LogP contribution in [0.25, 0.3) is 0 Å². The highest BCUT2D eigenvalue weighted by atomic mass is 16.5. The van der Waals surface area contributed by atoms with Crippen LogP contribution in [0, 0.1) is 5.92 Å². The summed E-state index contributed by atoms with van der Waals surface area (Å²) in [7, 11) is 0. The van der Waals surface area contributed by atoms with Gasteiger partial charge in [-0.3, -0.25) is 14.4 Å². The summed E-state index contributed by atoms with van der Waals surface area (Å²) in [4.78, 5) is 33.9. The SMILES string of the molecule is CCOC(=O)CCCC[C@@H](C(C)=O)C(=O)OCC. The number of Topliss-reactive ketones (excluding diaryl/α,β-unsaturated/α-hetero) is 1. The number of carbonyl (C=O) groups is 3. The number of esters is 2. The van der Waals surface area contributed by atoms with Crippen molar-refractivity contribution >= 4 is 17.7 Å². The lowest BCUT2D eigenvalue weighted by atomic mass is 9.97. The predicted molar refractivity (Wildman–Crippen MR) is 65.9 cm³/mol. The van der Waals surface area contributed by atoms with Gasteiger partial charge >= 0.3 is 11.9 Å². The largest absolute Gasteiger partial charge is 0.466 e. The number of ketones is 1. The Morgan fingerprint density at radius 2 is 1.61 bits per heavy atom. The Hall–Kier alpha value is -1.39. The van der Waals surface area contributed by atoms with Crippen LogP contribution in [0.5, 0.6) is 0 Å². The molecule has 0 saturated carbocycles. The molecule has 5 heteroatoms. The molecule has 0 bridgehead atoms. The van der Waals surface area contributed by atoms with Gasteiger partial charge < -0.3 is 9.47 Å². The summed E-state index contributed by atoms with van der Waals surface area (Å²) < 4.78 is 9.62. The van der Waals surface area contributed by atoms with Crippen molar-refractivity contribution in [3.05, 3.63) is 0 Å². The third-order valence-corrected chi connectivity index (χ3v) is 2.49. The fourth-order valence-electron chi connectivity index (χ4n) is 1.58. The molecule has 0 aliphatic carbocycles. The molecule has 0 rings (SSSR count). The highest BCUT2D eigenvalue weighted by Gasteiger charge is 2.23. The van der Waals surface area contributed by atoms with Gasteiger partial charge in [-0.15, -0.1) is 0 Å². The van der Waals surface area contributed by atoms with Gasteiger partial charge in [-0.2, -0.15) is 0 Å². The molecule has 104 valence electrons. The third kappa shape index (κ3) is 7.04. The van der Waals surface area contributed by atoms with Crippen LogP contribution in [-0.4, -0.2) is 30.9 Å². The second-order valence-corrected chi connectivity index (χ2v) is 3.97. The summed E-state index contributed by atoms with van der Waals surface area (Å²) in [5.74, 6) is -1.61. The summed E-state index contributed by atoms with van der Waals surface area (Å²) >= 11 is 0. The number of hydrogen-bond donors (Lipinski definition) is 0. The maximum absolute atomic E-state index is 11.5. The smallest absolute Gasteiger partial charge is 0.316 e. The van der Waals surface area contributed by atoms with Gasteiger partial charge in [0.15, 0.2) is 0 Å². The molecule has 0 heterocycles. The lowest BCUT2D eigenvalue weighted by Crippen LogP contribution is -2.24. The average molecular weight is 258 g/mol. The molecule has 0 aromatic carbocycles. The van der Waals surface area contributed by atoms with Crippen LogP contribution in [0.4, 0.5) is 0 Å². The summed E-state index contributed by atoms with van der Waals surface area (Å²) in [6.45, 7) is 5.48. The maximum Gasteiger partial charge on any atom is 0.316 e. The molecule has 0 unspecified atom stereocenters. The molecular weight excluding hydrogens is 236 g/mol. The molecule has 0 fully saturated rings. The summed E-state index contributed by atoms with van der Waals surface area (Å²) in [5, 5.41) is 0. The summed E-state index contributed by atoms with van der Waals surface area (Å²) in [6, 6.07) is 0. The second-order valence-electron chi connectivity index (χ2n) is 3.97. The first kappa shape index (κ1) is 16.6. The normalized spacial score (nSPS) is 11.7. The molecule has 0 amide bonds. The van der Waals surface area contributed by atoms with E-state index in [0.29, 0.717) is 32.3 Å². The molecule has 5 nitrogen and oxygen atoms in total. The summed E-state index contributed by atoms with van der Waals surface area (Å²) in [5.41, 5.74) is 0. The molecule has 18 heavy (non-hydrogen) atoms. The van der Waals surface area contributed by atoms with Crippen molar-refractivity contribution in [2.45, 2.75) is 46.5 Å². The number of unbranched alkanes of at least 4 members (excludes halogenated alkanes) is 1. The van der Waals surface area contributed by atoms with Crippen LogP contribution >= 0.6 is 0 Å². The van der Waals surface area contributed by atoms with Gasteiger partial charge in [-0.05, 0) is 33.6 Å². The van der Waals surface area contributed by atoms with E-state index in [-0.39, 0.29) is 18.4 Å². The van der Waals surface area contributed by atoms with Crippen molar-refractivity contribution in [2.24, 2.45) is 5.92 Å². The Morgan fingerprint density at radius 1 is 1.00 bits per heavy atom. The van der Waals surface area contributed by atoms with E-state index < -0.39 is 11.9 Å². The minimum atomic E-state index is -0.702. The zero-order chi connectivity index (χ0) is 14.0. The minimum absolute atomic E-state index is 0.190. The van der Waals surface area contributed by atoms with Crippen molar-refractivity contribution in [1.29, 1.82) is 0 Å². The van der Waals surface area contributed by atoms with Crippen LogP contribution in [0.3, 0.4) is 0 Å². The van der Waals surface area contributed by atoms with Gasteiger partial charge in [0.1, 0.15) is 11.7 Å². The molecule has 0 N–H and O–H groups in total. The third-order valence-electron chi connectivity index (χ3n) is 2.49. The van der Waals surface area contributed by atoms with Crippen molar-refractivity contribution in [3.63, 3.8) is 0 Å². The van der Waals surface area contributed by atoms with Crippen molar-refractivity contribution in [2.75, 3.05) is 13.2 Å². The number of hydrogen-bond acceptors (Lipinski definition) is 5. The monoisotopic (exact) mass is 258 g/mol. The highest BCUT2D eigenvalue weighted by Crippen LogP contribution is 2.13. The van der Waals surface area contributed by atoms with Crippen LogP contribution < -0.4 is 0 Å². The number of ether oxygens (including phenoxy) is 2.